The van der Waals surface area contributed by atoms with Crippen LogP contribution in [0, 0.1) is 6.92 Å². The summed E-state index contributed by atoms with van der Waals surface area (Å²) in [5.74, 6) is 1.22. The molecule has 22 heavy (non-hydrogen) atoms. The molecule has 2 aliphatic rings. The molecular weight excluding hydrogens is 300 g/mol. The van der Waals surface area contributed by atoms with Gasteiger partial charge in [-0.2, -0.15) is 0 Å². The molecule has 1 aliphatic heterocycles. The van der Waals surface area contributed by atoms with E-state index in [1.807, 2.05) is 6.92 Å². The van der Waals surface area contributed by atoms with Gasteiger partial charge >= 0.3 is 0 Å². The van der Waals surface area contributed by atoms with Gasteiger partial charge < -0.3 is 14.8 Å². The second kappa shape index (κ2) is 5.28. The zero-order valence-electron chi connectivity index (χ0n) is 12.2. The summed E-state index contributed by atoms with van der Waals surface area (Å²) >= 11 is 1.73. The van der Waals surface area contributed by atoms with E-state index in [4.69, 9.17) is 9.47 Å². The molecule has 0 fully saturated rings. The maximum Gasteiger partial charge on any atom is 0.251 e. The van der Waals surface area contributed by atoms with Crippen LogP contribution < -0.4 is 14.8 Å². The topological polar surface area (TPSA) is 60.5 Å². The number of aromatic nitrogens is 1. The molecular formula is C16H16N2O3S. The molecule has 1 amide bonds. The third kappa shape index (κ3) is 2.33. The smallest absolute Gasteiger partial charge is 0.251 e. The number of thiazole rings is 1. The lowest BCUT2D eigenvalue weighted by Crippen LogP contribution is -2.30. The number of nitrogens with one attached hydrogen (secondary N) is 1. The first-order valence-corrected chi connectivity index (χ1v) is 8.19. The Labute approximate surface area is 132 Å². The van der Waals surface area contributed by atoms with Crippen molar-refractivity contribution in [1.29, 1.82) is 0 Å². The van der Waals surface area contributed by atoms with E-state index >= 15 is 0 Å². The number of carbonyl (C=O) groups is 1. The summed E-state index contributed by atoms with van der Waals surface area (Å²) in [6.45, 7) is 2.23. The molecule has 1 aliphatic carbocycles. The van der Waals surface area contributed by atoms with Crippen LogP contribution in [0.3, 0.4) is 0 Å². The quantitative estimate of drug-likeness (QED) is 0.925. The summed E-state index contributed by atoms with van der Waals surface area (Å²) in [7, 11) is 0. The van der Waals surface area contributed by atoms with Crippen molar-refractivity contribution in [2.45, 2.75) is 32.2 Å². The van der Waals surface area contributed by atoms with E-state index in [9.17, 15) is 4.79 Å². The Kier molecular flexibility index (Phi) is 3.26. The van der Waals surface area contributed by atoms with Gasteiger partial charge in [-0.1, -0.05) is 0 Å². The number of aryl methyl sites for hydroxylation is 2. The Morgan fingerprint density at radius 3 is 3.14 bits per heavy atom. The highest BCUT2D eigenvalue weighted by atomic mass is 32.1. The van der Waals surface area contributed by atoms with E-state index < -0.39 is 0 Å². The number of nitrogens with zero attached hydrogens (tertiary/aromatic N) is 1. The van der Waals surface area contributed by atoms with Crippen molar-refractivity contribution in [2.75, 3.05) is 6.79 Å². The monoisotopic (exact) mass is 316 g/mol. The average Bonchev–Trinajstić information content (AvgIpc) is 3.12. The SMILES string of the molecule is Cc1nc2c(s1)CCC[C@@H]2NC(=O)c1ccc2c(c1)OCO2. The van der Waals surface area contributed by atoms with Crippen LogP contribution in [0.2, 0.25) is 0 Å². The van der Waals surface area contributed by atoms with Crippen LogP contribution >= 0.6 is 11.3 Å². The molecule has 6 heteroatoms. The first-order chi connectivity index (χ1) is 10.7. The lowest BCUT2D eigenvalue weighted by atomic mass is 9.97. The maximum absolute atomic E-state index is 12.5. The summed E-state index contributed by atoms with van der Waals surface area (Å²) < 4.78 is 10.6. The molecule has 0 radical (unpaired) electrons. The Balaban J connectivity index is 1.55. The average molecular weight is 316 g/mol. The Morgan fingerprint density at radius 2 is 2.23 bits per heavy atom. The zero-order chi connectivity index (χ0) is 15.1. The van der Waals surface area contributed by atoms with Gasteiger partial charge in [0.2, 0.25) is 6.79 Å². The van der Waals surface area contributed by atoms with Crippen molar-refractivity contribution in [3.05, 3.63) is 39.3 Å². The zero-order valence-corrected chi connectivity index (χ0v) is 13.0. The number of benzene rings is 1. The lowest BCUT2D eigenvalue weighted by molar-refractivity contribution is 0.0931. The van der Waals surface area contributed by atoms with Gasteiger partial charge in [-0.3, -0.25) is 4.79 Å². The number of amides is 1. The second-order valence-corrected chi connectivity index (χ2v) is 6.82. The maximum atomic E-state index is 12.5. The summed E-state index contributed by atoms with van der Waals surface area (Å²) in [5.41, 5.74) is 1.63. The molecule has 2 aromatic rings. The van der Waals surface area contributed by atoms with Gasteiger partial charge in [0, 0.05) is 10.4 Å². The molecule has 1 aromatic heterocycles. The van der Waals surface area contributed by atoms with Crippen molar-refractivity contribution in [1.82, 2.24) is 10.3 Å². The van der Waals surface area contributed by atoms with Gasteiger partial charge in [-0.15, -0.1) is 11.3 Å². The van der Waals surface area contributed by atoms with E-state index in [1.54, 1.807) is 29.5 Å². The standard InChI is InChI=1S/C16H16N2O3S/c1-9-17-15-11(3-2-4-14(15)22-9)18-16(19)10-5-6-12-13(7-10)21-8-20-12/h5-7,11H,2-4,8H2,1H3,(H,18,19)/t11-/m0/s1. The summed E-state index contributed by atoms with van der Waals surface area (Å²) in [5, 5.41) is 4.17. The third-order valence-corrected chi connectivity index (χ3v) is 5.05. The van der Waals surface area contributed by atoms with E-state index in [2.05, 4.69) is 10.3 Å². The van der Waals surface area contributed by atoms with E-state index in [0.717, 1.165) is 30.0 Å². The van der Waals surface area contributed by atoms with Crippen LogP contribution in [-0.4, -0.2) is 17.7 Å². The normalized spacial score (nSPS) is 18.9. The molecule has 1 atom stereocenters. The van der Waals surface area contributed by atoms with Crippen LogP contribution in [0.25, 0.3) is 0 Å². The van der Waals surface area contributed by atoms with Gasteiger partial charge in [0.05, 0.1) is 16.7 Å². The van der Waals surface area contributed by atoms with Crippen LogP contribution in [0.1, 0.15) is 44.8 Å². The van der Waals surface area contributed by atoms with Gasteiger partial charge in [0.1, 0.15) is 0 Å². The molecule has 1 aromatic carbocycles. The molecule has 0 bridgehead atoms. The van der Waals surface area contributed by atoms with Crippen molar-refractivity contribution in [3.63, 3.8) is 0 Å². The molecule has 0 unspecified atom stereocenters. The number of carbonyl (C=O) groups excluding carboxylic acids is 1. The fraction of sp³-hybridized carbons (Fsp3) is 0.375. The number of rotatable bonds is 2. The lowest BCUT2D eigenvalue weighted by Gasteiger charge is -2.22. The number of hydrogen-bond donors (Lipinski definition) is 1. The minimum atomic E-state index is -0.0956. The van der Waals surface area contributed by atoms with E-state index in [0.29, 0.717) is 17.1 Å². The largest absolute Gasteiger partial charge is 0.454 e. The second-order valence-electron chi connectivity index (χ2n) is 5.53. The first-order valence-electron chi connectivity index (χ1n) is 7.37. The molecule has 0 spiro atoms. The summed E-state index contributed by atoms with van der Waals surface area (Å²) in [4.78, 5) is 18.4. The van der Waals surface area contributed by atoms with E-state index in [-0.39, 0.29) is 18.7 Å². The Hall–Kier alpha value is -2.08. The fourth-order valence-corrected chi connectivity index (χ4v) is 4.00. The van der Waals surface area contributed by atoms with E-state index in [1.165, 1.54) is 4.88 Å². The predicted octanol–water partition coefficient (Wildman–Crippen LogP) is 2.99. The molecule has 4 rings (SSSR count). The Bertz CT molecular complexity index is 741. The number of hydrogen-bond acceptors (Lipinski definition) is 5. The molecule has 0 saturated heterocycles. The van der Waals surface area contributed by atoms with Crippen LogP contribution in [-0.2, 0) is 6.42 Å². The van der Waals surface area contributed by atoms with Crippen LogP contribution in [0.4, 0.5) is 0 Å². The highest BCUT2D eigenvalue weighted by Crippen LogP contribution is 2.35. The van der Waals surface area contributed by atoms with Gasteiger partial charge in [-0.05, 0) is 44.4 Å². The highest BCUT2D eigenvalue weighted by Gasteiger charge is 2.26. The molecule has 2 heterocycles. The Morgan fingerprint density at radius 1 is 1.36 bits per heavy atom. The van der Waals surface area contributed by atoms with Gasteiger partial charge in [0.25, 0.3) is 5.91 Å². The predicted molar refractivity (Wildman–Crippen MR) is 82.6 cm³/mol. The number of ether oxygens (including phenoxy) is 2. The molecule has 0 saturated carbocycles. The minimum absolute atomic E-state index is 0.00613. The van der Waals surface area contributed by atoms with Crippen molar-refractivity contribution in [3.8, 4) is 11.5 Å². The minimum Gasteiger partial charge on any atom is -0.454 e. The van der Waals surface area contributed by atoms with Crippen molar-refractivity contribution < 1.29 is 14.3 Å². The summed E-state index contributed by atoms with van der Waals surface area (Å²) in [6.07, 6.45) is 3.09. The molecule has 5 nitrogen and oxygen atoms in total. The number of fused-ring (bicyclic) bond motifs is 2. The fourth-order valence-electron chi connectivity index (χ4n) is 2.96. The van der Waals surface area contributed by atoms with Crippen molar-refractivity contribution in [2.24, 2.45) is 0 Å². The van der Waals surface area contributed by atoms with Crippen LogP contribution in [0.5, 0.6) is 11.5 Å². The highest BCUT2D eigenvalue weighted by molar-refractivity contribution is 7.11. The summed E-state index contributed by atoms with van der Waals surface area (Å²) in [6, 6.07) is 5.27. The van der Waals surface area contributed by atoms with Crippen LogP contribution in [0.15, 0.2) is 18.2 Å². The van der Waals surface area contributed by atoms with Crippen molar-refractivity contribution >= 4 is 17.2 Å². The molecule has 1 N–H and O–H groups in total. The van der Waals surface area contributed by atoms with Gasteiger partial charge in [-0.25, -0.2) is 4.98 Å². The first kappa shape index (κ1) is 13.6. The third-order valence-electron chi connectivity index (χ3n) is 4.00. The van der Waals surface area contributed by atoms with Gasteiger partial charge in [0.15, 0.2) is 11.5 Å². The molecule has 114 valence electrons.